The molecular formula is C14H19ClN2OS. The molecule has 0 atom stereocenters. The van der Waals surface area contributed by atoms with Gasteiger partial charge in [0.2, 0.25) is 0 Å². The summed E-state index contributed by atoms with van der Waals surface area (Å²) in [7, 11) is 0. The molecule has 0 unspecified atom stereocenters. The topological polar surface area (TPSA) is 23.6 Å². The van der Waals surface area contributed by atoms with Crippen LogP contribution in [0.1, 0.15) is 24.2 Å². The van der Waals surface area contributed by atoms with Crippen molar-refractivity contribution in [2.75, 3.05) is 26.2 Å². The molecule has 1 heterocycles. The summed E-state index contributed by atoms with van der Waals surface area (Å²) in [5.41, 5.74) is 0.548. The van der Waals surface area contributed by atoms with Crippen molar-refractivity contribution >= 4 is 30.1 Å². The van der Waals surface area contributed by atoms with Crippen molar-refractivity contribution in [2.24, 2.45) is 0 Å². The lowest BCUT2D eigenvalue weighted by molar-refractivity contribution is 0.0595. The number of thiol groups is 1. The van der Waals surface area contributed by atoms with Crippen molar-refractivity contribution in [3.8, 4) is 0 Å². The fourth-order valence-corrected chi connectivity index (χ4v) is 2.69. The van der Waals surface area contributed by atoms with Gasteiger partial charge < -0.3 is 4.90 Å². The maximum Gasteiger partial charge on any atom is 0.255 e. The van der Waals surface area contributed by atoms with Gasteiger partial charge in [-0.25, -0.2) is 0 Å². The third-order valence-corrected chi connectivity index (χ3v) is 4.12. The van der Waals surface area contributed by atoms with Crippen LogP contribution in [0.3, 0.4) is 0 Å². The van der Waals surface area contributed by atoms with E-state index in [9.17, 15) is 4.79 Å². The van der Waals surface area contributed by atoms with Crippen LogP contribution in [-0.4, -0.2) is 47.9 Å². The highest BCUT2D eigenvalue weighted by Crippen LogP contribution is 2.22. The van der Waals surface area contributed by atoms with Crippen LogP contribution < -0.4 is 0 Å². The number of hydrogen-bond acceptors (Lipinski definition) is 3. The number of halogens is 1. The van der Waals surface area contributed by atoms with E-state index in [1.54, 1.807) is 18.2 Å². The molecule has 1 fully saturated rings. The van der Waals surface area contributed by atoms with Gasteiger partial charge in [-0.2, -0.15) is 0 Å². The molecule has 1 aromatic carbocycles. The summed E-state index contributed by atoms with van der Waals surface area (Å²) in [5, 5.41) is 0.495. The van der Waals surface area contributed by atoms with Crippen molar-refractivity contribution < 1.29 is 4.79 Å². The summed E-state index contributed by atoms with van der Waals surface area (Å²) in [6.45, 7) is 7.70. The van der Waals surface area contributed by atoms with Crippen LogP contribution in [-0.2, 0) is 0 Å². The highest BCUT2D eigenvalue weighted by Gasteiger charge is 2.24. The molecule has 0 N–H and O–H groups in total. The van der Waals surface area contributed by atoms with E-state index >= 15 is 0 Å². The standard InChI is InChI=1S/C14H19ClN2OS/c1-10(2)16-5-7-17(8-6-16)14(18)12-9-11(19)3-4-13(12)15/h3-4,9-10,19H,5-8H2,1-2H3. The first-order valence-electron chi connectivity index (χ1n) is 6.51. The smallest absolute Gasteiger partial charge is 0.255 e. The second kappa shape index (κ2) is 6.16. The fraction of sp³-hybridized carbons (Fsp3) is 0.500. The molecule has 0 aliphatic carbocycles. The first-order chi connectivity index (χ1) is 8.99. The average molecular weight is 299 g/mol. The number of rotatable bonds is 2. The molecule has 19 heavy (non-hydrogen) atoms. The molecule has 2 rings (SSSR count). The van der Waals surface area contributed by atoms with Gasteiger partial charge in [0.1, 0.15) is 0 Å². The molecule has 5 heteroatoms. The van der Waals surface area contributed by atoms with E-state index in [1.807, 2.05) is 4.90 Å². The highest BCUT2D eigenvalue weighted by molar-refractivity contribution is 7.80. The molecule has 0 bridgehead atoms. The molecule has 3 nitrogen and oxygen atoms in total. The van der Waals surface area contributed by atoms with Crippen LogP contribution >= 0.6 is 24.2 Å². The summed E-state index contributed by atoms with van der Waals surface area (Å²) in [4.78, 5) is 17.4. The van der Waals surface area contributed by atoms with Gasteiger partial charge in [0.25, 0.3) is 5.91 Å². The zero-order valence-corrected chi connectivity index (χ0v) is 12.9. The van der Waals surface area contributed by atoms with Crippen molar-refractivity contribution in [3.63, 3.8) is 0 Å². The maximum absolute atomic E-state index is 12.4. The van der Waals surface area contributed by atoms with E-state index in [1.165, 1.54) is 0 Å². The Kier molecular flexibility index (Phi) is 4.76. The van der Waals surface area contributed by atoms with Crippen molar-refractivity contribution in [1.29, 1.82) is 0 Å². The molecule has 1 amide bonds. The molecule has 1 aromatic rings. The molecular weight excluding hydrogens is 280 g/mol. The first kappa shape index (κ1) is 14.7. The fourth-order valence-electron chi connectivity index (χ4n) is 2.29. The SMILES string of the molecule is CC(C)N1CCN(C(=O)c2cc(S)ccc2Cl)CC1. The third kappa shape index (κ3) is 3.44. The number of piperazine rings is 1. The van der Waals surface area contributed by atoms with Gasteiger partial charge in [0, 0.05) is 37.1 Å². The summed E-state index contributed by atoms with van der Waals surface area (Å²) < 4.78 is 0. The minimum Gasteiger partial charge on any atom is -0.336 e. The van der Waals surface area contributed by atoms with Crippen LogP contribution in [0, 0.1) is 0 Å². The monoisotopic (exact) mass is 298 g/mol. The Morgan fingerprint density at radius 3 is 2.47 bits per heavy atom. The van der Waals surface area contributed by atoms with E-state index in [4.69, 9.17) is 11.6 Å². The molecule has 1 aliphatic heterocycles. The number of carbonyl (C=O) groups excluding carboxylic acids is 1. The first-order valence-corrected chi connectivity index (χ1v) is 7.33. The van der Waals surface area contributed by atoms with E-state index in [0.29, 0.717) is 16.6 Å². The molecule has 1 saturated heterocycles. The molecule has 104 valence electrons. The van der Waals surface area contributed by atoms with Gasteiger partial charge in [0.05, 0.1) is 10.6 Å². The van der Waals surface area contributed by atoms with E-state index in [-0.39, 0.29) is 5.91 Å². The normalized spacial score (nSPS) is 17.0. The summed E-state index contributed by atoms with van der Waals surface area (Å²) >= 11 is 10.4. The molecule has 0 spiro atoms. The van der Waals surface area contributed by atoms with E-state index in [0.717, 1.165) is 31.1 Å². The number of nitrogens with zero attached hydrogens (tertiary/aromatic N) is 2. The Bertz CT molecular complexity index is 471. The number of carbonyl (C=O) groups is 1. The van der Waals surface area contributed by atoms with Crippen molar-refractivity contribution in [1.82, 2.24) is 9.80 Å². The average Bonchev–Trinajstić information content (AvgIpc) is 2.41. The number of amides is 1. The van der Waals surface area contributed by atoms with Gasteiger partial charge in [-0.05, 0) is 32.0 Å². The summed E-state index contributed by atoms with van der Waals surface area (Å²) in [6, 6.07) is 5.78. The Balaban J connectivity index is 2.07. The van der Waals surface area contributed by atoms with Gasteiger partial charge in [-0.15, -0.1) is 12.6 Å². The van der Waals surface area contributed by atoms with Crippen LogP contribution in [0.15, 0.2) is 23.1 Å². The predicted molar refractivity (Wildman–Crippen MR) is 81.3 cm³/mol. The van der Waals surface area contributed by atoms with Crippen LogP contribution in [0.5, 0.6) is 0 Å². The lowest BCUT2D eigenvalue weighted by Crippen LogP contribution is -2.50. The van der Waals surface area contributed by atoms with Crippen molar-refractivity contribution in [3.05, 3.63) is 28.8 Å². The highest BCUT2D eigenvalue weighted by atomic mass is 35.5. The maximum atomic E-state index is 12.4. The van der Waals surface area contributed by atoms with Crippen LogP contribution in [0.4, 0.5) is 0 Å². The van der Waals surface area contributed by atoms with Crippen LogP contribution in [0.2, 0.25) is 5.02 Å². The Hall–Kier alpha value is -0.710. The Morgan fingerprint density at radius 2 is 1.89 bits per heavy atom. The molecule has 0 aromatic heterocycles. The zero-order chi connectivity index (χ0) is 14.0. The van der Waals surface area contributed by atoms with E-state index < -0.39 is 0 Å². The van der Waals surface area contributed by atoms with E-state index in [2.05, 4.69) is 31.4 Å². The molecule has 0 radical (unpaired) electrons. The minimum atomic E-state index is 0.00399. The zero-order valence-electron chi connectivity index (χ0n) is 11.3. The lowest BCUT2D eigenvalue weighted by atomic mass is 10.1. The minimum absolute atomic E-state index is 0.00399. The van der Waals surface area contributed by atoms with Gasteiger partial charge >= 0.3 is 0 Å². The summed E-state index contributed by atoms with van der Waals surface area (Å²) in [5.74, 6) is 0.00399. The Labute approximate surface area is 124 Å². The molecule has 1 aliphatic rings. The number of benzene rings is 1. The van der Waals surface area contributed by atoms with Crippen LogP contribution in [0.25, 0.3) is 0 Å². The third-order valence-electron chi connectivity index (χ3n) is 3.51. The van der Waals surface area contributed by atoms with Crippen molar-refractivity contribution in [2.45, 2.75) is 24.8 Å². The lowest BCUT2D eigenvalue weighted by Gasteiger charge is -2.37. The predicted octanol–water partition coefficient (Wildman–Crippen LogP) is 2.79. The summed E-state index contributed by atoms with van der Waals surface area (Å²) in [6.07, 6.45) is 0. The Morgan fingerprint density at radius 1 is 1.26 bits per heavy atom. The second-order valence-corrected chi connectivity index (χ2v) is 6.01. The number of hydrogen-bond donors (Lipinski definition) is 1. The second-order valence-electron chi connectivity index (χ2n) is 5.09. The van der Waals surface area contributed by atoms with Gasteiger partial charge in [0.15, 0.2) is 0 Å². The van der Waals surface area contributed by atoms with Gasteiger partial charge in [-0.3, -0.25) is 9.69 Å². The molecule has 0 saturated carbocycles. The van der Waals surface area contributed by atoms with Gasteiger partial charge in [-0.1, -0.05) is 11.6 Å². The quantitative estimate of drug-likeness (QED) is 0.849. The largest absolute Gasteiger partial charge is 0.336 e.